The number of rotatable bonds is 5. The number of carbonyl (C=O) groups excluding carboxylic acids is 1. The fourth-order valence-corrected chi connectivity index (χ4v) is 2.58. The summed E-state index contributed by atoms with van der Waals surface area (Å²) in [5.41, 5.74) is 1.43. The highest BCUT2D eigenvalue weighted by Crippen LogP contribution is 2.32. The summed E-state index contributed by atoms with van der Waals surface area (Å²) in [5.74, 6) is 0.846. The van der Waals surface area contributed by atoms with Crippen molar-refractivity contribution in [1.29, 1.82) is 0 Å². The average molecular weight is 268 g/mol. The molecule has 1 aliphatic rings. The molecule has 0 aromatic heterocycles. The second-order valence-corrected chi connectivity index (χ2v) is 6.57. The van der Waals surface area contributed by atoms with Crippen LogP contribution in [-0.2, 0) is 4.79 Å². The van der Waals surface area contributed by atoms with Gasteiger partial charge < -0.3 is 5.11 Å². The molecule has 0 saturated heterocycles. The fourth-order valence-electron chi connectivity index (χ4n) is 2.58. The highest BCUT2D eigenvalue weighted by Gasteiger charge is 2.25. The van der Waals surface area contributed by atoms with E-state index in [4.69, 9.17) is 5.11 Å². The molecule has 1 unspecified atom stereocenters. The minimum Gasteiger partial charge on any atom is -0.396 e. The lowest BCUT2D eigenvalue weighted by atomic mass is 9.77. The van der Waals surface area contributed by atoms with Crippen LogP contribution < -0.4 is 0 Å². The van der Waals surface area contributed by atoms with E-state index in [2.05, 4.69) is 27.7 Å². The number of ketones is 1. The lowest BCUT2D eigenvalue weighted by Crippen LogP contribution is -2.20. The maximum absolute atomic E-state index is 11.0. The molecule has 0 bridgehead atoms. The van der Waals surface area contributed by atoms with Crippen LogP contribution >= 0.6 is 0 Å². The highest BCUT2D eigenvalue weighted by atomic mass is 16.3. The second kappa shape index (κ2) is 9.30. The number of hydrogen-bond acceptors (Lipinski definition) is 2. The van der Waals surface area contributed by atoms with Crippen molar-refractivity contribution in [2.24, 2.45) is 11.3 Å². The Morgan fingerprint density at radius 1 is 1.32 bits per heavy atom. The standard InChI is InChI=1S/C9H14O.C8H18O/c1-7-4-8(10)6-9(2,3)5-7;1-3-5-6-8(4-2)7-9/h4H,5-6H2,1-3H3;8-9H,3-7H2,1-2H3. The predicted molar refractivity (Wildman–Crippen MR) is 82.2 cm³/mol. The van der Waals surface area contributed by atoms with Crippen LogP contribution in [-0.4, -0.2) is 17.5 Å². The van der Waals surface area contributed by atoms with E-state index in [0.29, 0.717) is 18.9 Å². The summed E-state index contributed by atoms with van der Waals surface area (Å²) in [6, 6.07) is 0. The third-order valence-corrected chi connectivity index (χ3v) is 3.62. The molecule has 0 spiro atoms. The van der Waals surface area contributed by atoms with E-state index in [9.17, 15) is 4.79 Å². The van der Waals surface area contributed by atoms with E-state index < -0.39 is 0 Å². The maximum Gasteiger partial charge on any atom is 0.156 e. The molecule has 0 aromatic rings. The zero-order valence-electron chi connectivity index (χ0n) is 13.5. The van der Waals surface area contributed by atoms with Crippen molar-refractivity contribution in [3.05, 3.63) is 11.6 Å². The molecule has 19 heavy (non-hydrogen) atoms. The Labute approximate surface area is 119 Å². The molecule has 0 saturated carbocycles. The Morgan fingerprint density at radius 3 is 2.32 bits per heavy atom. The number of unbranched alkanes of at least 4 members (excludes halogenated alkanes) is 1. The smallest absolute Gasteiger partial charge is 0.156 e. The summed E-state index contributed by atoms with van der Waals surface area (Å²) in [6.07, 6.45) is 8.38. The topological polar surface area (TPSA) is 37.3 Å². The molecular formula is C17H32O2. The summed E-state index contributed by atoms with van der Waals surface area (Å²) in [5, 5.41) is 8.75. The summed E-state index contributed by atoms with van der Waals surface area (Å²) in [4.78, 5) is 11.0. The van der Waals surface area contributed by atoms with Crippen LogP contribution in [0.15, 0.2) is 11.6 Å². The van der Waals surface area contributed by atoms with E-state index in [0.717, 1.165) is 12.8 Å². The first-order valence-corrected chi connectivity index (χ1v) is 7.65. The van der Waals surface area contributed by atoms with Gasteiger partial charge >= 0.3 is 0 Å². The number of allylic oxidation sites excluding steroid dienone is 2. The molecule has 112 valence electrons. The van der Waals surface area contributed by atoms with Crippen LogP contribution in [0.3, 0.4) is 0 Å². The van der Waals surface area contributed by atoms with Crippen molar-refractivity contribution in [3.8, 4) is 0 Å². The average Bonchev–Trinajstić information content (AvgIpc) is 2.28. The number of aliphatic hydroxyl groups is 1. The number of hydrogen-bond donors (Lipinski definition) is 1. The fraction of sp³-hybridized carbons (Fsp3) is 0.824. The van der Waals surface area contributed by atoms with Crippen LogP contribution in [0.25, 0.3) is 0 Å². The zero-order valence-corrected chi connectivity index (χ0v) is 13.5. The number of aliphatic hydroxyl groups excluding tert-OH is 1. The molecule has 0 amide bonds. The van der Waals surface area contributed by atoms with Gasteiger partial charge in [0.1, 0.15) is 0 Å². The lowest BCUT2D eigenvalue weighted by Gasteiger charge is -2.27. The molecule has 0 fully saturated rings. The Morgan fingerprint density at radius 2 is 1.95 bits per heavy atom. The molecule has 0 aliphatic heterocycles. The van der Waals surface area contributed by atoms with Crippen LogP contribution in [0.2, 0.25) is 0 Å². The van der Waals surface area contributed by atoms with Crippen molar-refractivity contribution < 1.29 is 9.90 Å². The Balaban J connectivity index is 0.000000344. The number of carbonyl (C=O) groups is 1. The largest absolute Gasteiger partial charge is 0.396 e. The summed E-state index contributed by atoms with van der Waals surface area (Å²) in [6.45, 7) is 11.0. The molecule has 2 nitrogen and oxygen atoms in total. The van der Waals surface area contributed by atoms with E-state index in [1.807, 2.05) is 6.92 Å². The first-order chi connectivity index (χ1) is 8.84. The molecule has 0 heterocycles. The molecule has 0 aromatic carbocycles. The van der Waals surface area contributed by atoms with Gasteiger partial charge in [-0.25, -0.2) is 0 Å². The third-order valence-electron chi connectivity index (χ3n) is 3.62. The van der Waals surface area contributed by atoms with Crippen molar-refractivity contribution in [2.45, 2.75) is 73.1 Å². The summed E-state index contributed by atoms with van der Waals surface area (Å²) in [7, 11) is 0. The van der Waals surface area contributed by atoms with Gasteiger partial charge in [0.15, 0.2) is 5.78 Å². The van der Waals surface area contributed by atoms with Gasteiger partial charge in [0.05, 0.1) is 0 Å². The molecule has 2 heteroatoms. The van der Waals surface area contributed by atoms with Crippen molar-refractivity contribution in [2.75, 3.05) is 6.61 Å². The van der Waals surface area contributed by atoms with Crippen LogP contribution in [0, 0.1) is 11.3 Å². The predicted octanol–water partition coefficient (Wildman–Crippen LogP) is 4.52. The van der Waals surface area contributed by atoms with Crippen molar-refractivity contribution >= 4 is 5.78 Å². The minimum absolute atomic E-state index is 0.204. The van der Waals surface area contributed by atoms with E-state index >= 15 is 0 Å². The Bertz CT molecular complexity index is 286. The summed E-state index contributed by atoms with van der Waals surface area (Å²) < 4.78 is 0. The van der Waals surface area contributed by atoms with Gasteiger partial charge in [-0.1, -0.05) is 52.5 Å². The third kappa shape index (κ3) is 8.99. The maximum atomic E-state index is 11.0. The molecule has 1 aliphatic carbocycles. The van der Waals surface area contributed by atoms with Crippen molar-refractivity contribution in [3.63, 3.8) is 0 Å². The van der Waals surface area contributed by atoms with Crippen LogP contribution in [0.4, 0.5) is 0 Å². The highest BCUT2D eigenvalue weighted by molar-refractivity contribution is 5.91. The van der Waals surface area contributed by atoms with Gasteiger partial charge in [0.25, 0.3) is 0 Å². The normalized spacial score (nSPS) is 19.3. The van der Waals surface area contributed by atoms with E-state index in [-0.39, 0.29) is 11.2 Å². The quantitative estimate of drug-likeness (QED) is 0.796. The van der Waals surface area contributed by atoms with Crippen molar-refractivity contribution in [1.82, 2.24) is 0 Å². The molecule has 1 N–H and O–H groups in total. The molecular weight excluding hydrogens is 236 g/mol. The van der Waals surface area contributed by atoms with Gasteiger partial charge in [0.2, 0.25) is 0 Å². The monoisotopic (exact) mass is 268 g/mol. The second-order valence-electron chi connectivity index (χ2n) is 6.57. The summed E-state index contributed by atoms with van der Waals surface area (Å²) >= 11 is 0. The first kappa shape index (κ1) is 18.4. The van der Waals surface area contributed by atoms with Gasteiger partial charge in [-0.05, 0) is 37.2 Å². The van der Waals surface area contributed by atoms with Crippen LogP contribution in [0.5, 0.6) is 0 Å². The van der Waals surface area contributed by atoms with E-state index in [1.165, 1.54) is 24.8 Å². The molecule has 1 atom stereocenters. The Kier molecular flexibility index (Phi) is 8.99. The SMILES string of the molecule is CC1=CC(=O)CC(C)(C)C1.CCCCC(CC)CO. The Hall–Kier alpha value is -0.630. The van der Waals surface area contributed by atoms with E-state index in [1.54, 1.807) is 6.08 Å². The van der Waals surface area contributed by atoms with Gasteiger partial charge in [-0.2, -0.15) is 0 Å². The van der Waals surface area contributed by atoms with Gasteiger partial charge in [-0.15, -0.1) is 0 Å². The minimum atomic E-state index is 0.204. The lowest BCUT2D eigenvalue weighted by molar-refractivity contribution is -0.117. The van der Waals surface area contributed by atoms with Gasteiger partial charge in [-0.3, -0.25) is 4.79 Å². The molecule has 0 radical (unpaired) electrons. The zero-order chi connectivity index (χ0) is 14.9. The van der Waals surface area contributed by atoms with Crippen LogP contribution in [0.1, 0.15) is 73.1 Å². The first-order valence-electron chi connectivity index (χ1n) is 7.65. The van der Waals surface area contributed by atoms with Gasteiger partial charge in [0, 0.05) is 13.0 Å². The molecule has 1 rings (SSSR count).